The molecule has 25 heavy (non-hydrogen) atoms. The maximum atomic E-state index is 12.2. The summed E-state index contributed by atoms with van der Waals surface area (Å²) in [7, 11) is 0. The standard InChI is InChI=1S/C20H20N4O/c1-15-6-5-9-17(10-15)12-21-19(25)18-13-23-20(24-14-18)22-11-16-7-3-2-4-8-16/h2-10,13-14H,11-12H2,1H3,(H,21,25)(H,22,23,24). The quantitative estimate of drug-likeness (QED) is 0.726. The van der Waals surface area contributed by atoms with E-state index in [-0.39, 0.29) is 5.91 Å². The van der Waals surface area contributed by atoms with Crippen LogP contribution >= 0.6 is 0 Å². The molecule has 1 heterocycles. The summed E-state index contributed by atoms with van der Waals surface area (Å²) in [6.45, 7) is 3.15. The van der Waals surface area contributed by atoms with Gasteiger partial charge in [0, 0.05) is 25.5 Å². The highest BCUT2D eigenvalue weighted by atomic mass is 16.1. The van der Waals surface area contributed by atoms with Crippen LogP contribution in [0.4, 0.5) is 5.95 Å². The molecule has 0 fully saturated rings. The Balaban J connectivity index is 1.53. The minimum atomic E-state index is -0.184. The fourth-order valence-corrected chi connectivity index (χ4v) is 2.42. The third-order valence-corrected chi connectivity index (χ3v) is 3.74. The van der Waals surface area contributed by atoms with E-state index in [1.165, 1.54) is 18.0 Å². The zero-order valence-corrected chi connectivity index (χ0v) is 14.1. The summed E-state index contributed by atoms with van der Waals surface area (Å²) in [4.78, 5) is 20.6. The largest absolute Gasteiger partial charge is 0.350 e. The fourth-order valence-electron chi connectivity index (χ4n) is 2.42. The number of carbonyl (C=O) groups excluding carboxylic acids is 1. The Morgan fingerprint density at radius 2 is 1.64 bits per heavy atom. The lowest BCUT2D eigenvalue weighted by atomic mass is 10.1. The van der Waals surface area contributed by atoms with Gasteiger partial charge in [-0.3, -0.25) is 4.79 Å². The molecule has 2 N–H and O–H groups in total. The number of anilines is 1. The third kappa shape index (κ3) is 4.88. The van der Waals surface area contributed by atoms with E-state index < -0.39 is 0 Å². The molecule has 3 rings (SSSR count). The first-order valence-electron chi connectivity index (χ1n) is 8.14. The second-order valence-corrected chi connectivity index (χ2v) is 5.81. The van der Waals surface area contributed by atoms with Gasteiger partial charge in [0.1, 0.15) is 0 Å². The predicted octanol–water partition coefficient (Wildman–Crippen LogP) is 3.33. The zero-order chi connectivity index (χ0) is 17.5. The molecule has 0 bridgehead atoms. The highest BCUT2D eigenvalue weighted by Gasteiger charge is 2.07. The van der Waals surface area contributed by atoms with E-state index in [9.17, 15) is 4.79 Å². The minimum Gasteiger partial charge on any atom is -0.350 e. The number of hydrogen-bond donors (Lipinski definition) is 2. The molecule has 1 amide bonds. The van der Waals surface area contributed by atoms with Crippen molar-refractivity contribution >= 4 is 11.9 Å². The molecule has 2 aromatic carbocycles. The van der Waals surface area contributed by atoms with Crippen molar-refractivity contribution in [1.29, 1.82) is 0 Å². The van der Waals surface area contributed by atoms with Gasteiger partial charge in [-0.15, -0.1) is 0 Å². The van der Waals surface area contributed by atoms with Crippen molar-refractivity contribution in [3.8, 4) is 0 Å². The second-order valence-electron chi connectivity index (χ2n) is 5.81. The summed E-state index contributed by atoms with van der Waals surface area (Å²) >= 11 is 0. The molecular formula is C20H20N4O. The van der Waals surface area contributed by atoms with Crippen molar-refractivity contribution in [3.63, 3.8) is 0 Å². The lowest BCUT2D eigenvalue weighted by Gasteiger charge is -2.07. The number of rotatable bonds is 6. The topological polar surface area (TPSA) is 66.9 Å². The average Bonchev–Trinajstić information content (AvgIpc) is 2.66. The molecule has 0 aliphatic heterocycles. The summed E-state index contributed by atoms with van der Waals surface area (Å²) in [5.74, 6) is 0.315. The molecule has 0 spiro atoms. The van der Waals surface area contributed by atoms with Crippen molar-refractivity contribution in [3.05, 3.63) is 89.2 Å². The van der Waals surface area contributed by atoms with Crippen molar-refractivity contribution in [2.75, 3.05) is 5.32 Å². The molecule has 0 radical (unpaired) electrons. The number of aryl methyl sites for hydroxylation is 1. The molecule has 1 aromatic heterocycles. The van der Waals surface area contributed by atoms with E-state index in [1.807, 2.05) is 61.5 Å². The summed E-state index contributed by atoms with van der Waals surface area (Å²) in [5.41, 5.74) is 3.82. The molecule has 0 atom stereocenters. The molecule has 0 saturated heterocycles. The van der Waals surface area contributed by atoms with Gasteiger partial charge in [0.15, 0.2) is 0 Å². The van der Waals surface area contributed by atoms with Crippen LogP contribution in [0.25, 0.3) is 0 Å². The molecule has 0 aliphatic carbocycles. The maximum Gasteiger partial charge on any atom is 0.254 e. The lowest BCUT2D eigenvalue weighted by Crippen LogP contribution is -2.23. The molecule has 0 unspecified atom stereocenters. The van der Waals surface area contributed by atoms with Crippen LogP contribution in [0, 0.1) is 6.92 Å². The molecule has 126 valence electrons. The van der Waals surface area contributed by atoms with E-state index in [2.05, 4.69) is 20.6 Å². The van der Waals surface area contributed by atoms with Gasteiger partial charge in [0.05, 0.1) is 5.56 Å². The van der Waals surface area contributed by atoms with Crippen molar-refractivity contribution in [2.24, 2.45) is 0 Å². The number of carbonyl (C=O) groups is 1. The van der Waals surface area contributed by atoms with Crippen molar-refractivity contribution in [2.45, 2.75) is 20.0 Å². The van der Waals surface area contributed by atoms with Gasteiger partial charge in [-0.25, -0.2) is 9.97 Å². The molecule has 5 heteroatoms. The Hall–Kier alpha value is -3.21. The van der Waals surface area contributed by atoms with Crippen LogP contribution in [-0.4, -0.2) is 15.9 Å². The number of amides is 1. The van der Waals surface area contributed by atoms with E-state index in [0.717, 1.165) is 11.1 Å². The van der Waals surface area contributed by atoms with Gasteiger partial charge in [-0.05, 0) is 18.1 Å². The number of nitrogens with one attached hydrogen (secondary N) is 2. The molecule has 0 aliphatic rings. The first-order chi connectivity index (χ1) is 12.2. The van der Waals surface area contributed by atoms with Crippen LogP contribution in [-0.2, 0) is 13.1 Å². The normalized spacial score (nSPS) is 10.3. The third-order valence-electron chi connectivity index (χ3n) is 3.74. The van der Waals surface area contributed by atoms with Gasteiger partial charge < -0.3 is 10.6 Å². The molecule has 0 saturated carbocycles. The van der Waals surface area contributed by atoms with Gasteiger partial charge >= 0.3 is 0 Å². The Bertz CT molecular complexity index is 832. The van der Waals surface area contributed by atoms with Gasteiger partial charge in [0.25, 0.3) is 5.91 Å². The Kier molecular flexibility index (Phi) is 5.36. The highest BCUT2D eigenvalue weighted by Crippen LogP contribution is 2.06. The zero-order valence-electron chi connectivity index (χ0n) is 14.1. The van der Waals surface area contributed by atoms with E-state index in [4.69, 9.17) is 0 Å². The van der Waals surface area contributed by atoms with Crippen LogP contribution in [0.15, 0.2) is 67.0 Å². The molecule has 3 aromatic rings. The smallest absolute Gasteiger partial charge is 0.254 e. The summed E-state index contributed by atoms with van der Waals surface area (Å²) in [5, 5.41) is 6.02. The summed E-state index contributed by atoms with van der Waals surface area (Å²) in [6.07, 6.45) is 3.07. The summed E-state index contributed by atoms with van der Waals surface area (Å²) < 4.78 is 0. The Labute approximate surface area is 147 Å². The van der Waals surface area contributed by atoms with Gasteiger partial charge in [-0.2, -0.15) is 0 Å². The van der Waals surface area contributed by atoms with Crippen molar-refractivity contribution < 1.29 is 4.79 Å². The second kappa shape index (κ2) is 8.06. The predicted molar refractivity (Wildman–Crippen MR) is 98.1 cm³/mol. The minimum absolute atomic E-state index is 0.184. The number of hydrogen-bond acceptors (Lipinski definition) is 4. The first-order valence-corrected chi connectivity index (χ1v) is 8.14. The molecular weight excluding hydrogens is 312 g/mol. The number of aromatic nitrogens is 2. The van der Waals surface area contributed by atoms with Crippen LogP contribution < -0.4 is 10.6 Å². The SMILES string of the molecule is Cc1cccc(CNC(=O)c2cnc(NCc3ccccc3)nc2)c1. The van der Waals surface area contributed by atoms with E-state index >= 15 is 0 Å². The highest BCUT2D eigenvalue weighted by molar-refractivity contribution is 5.93. The maximum absolute atomic E-state index is 12.2. The van der Waals surface area contributed by atoms with E-state index in [1.54, 1.807) is 0 Å². The number of benzene rings is 2. The Morgan fingerprint density at radius 3 is 2.36 bits per heavy atom. The molecule has 5 nitrogen and oxygen atoms in total. The van der Waals surface area contributed by atoms with Crippen LogP contribution in [0.1, 0.15) is 27.0 Å². The Morgan fingerprint density at radius 1 is 0.920 bits per heavy atom. The lowest BCUT2D eigenvalue weighted by molar-refractivity contribution is 0.0950. The fraction of sp³-hybridized carbons (Fsp3) is 0.150. The van der Waals surface area contributed by atoms with Gasteiger partial charge in [-0.1, -0.05) is 60.2 Å². The first kappa shape index (κ1) is 16.6. The van der Waals surface area contributed by atoms with Gasteiger partial charge in [0.2, 0.25) is 5.95 Å². The van der Waals surface area contributed by atoms with Crippen LogP contribution in [0.5, 0.6) is 0 Å². The monoisotopic (exact) mass is 332 g/mol. The van der Waals surface area contributed by atoms with E-state index in [0.29, 0.717) is 24.6 Å². The van der Waals surface area contributed by atoms with Crippen molar-refractivity contribution in [1.82, 2.24) is 15.3 Å². The van der Waals surface area contributed by atoms with Crippen LogP contribution in [0.2, 0.25) is 0 Å². The number of nitrogens with zero attached hydrogens (tertiary/aromatic N) is 2. The van der Waals surface area contributed by atoms with Crippen LogP contribution in [0.3, 0.4) is 0 Å². The average molecular weight is 332 g/mol. The summed E-state index contributed by atoms with van der Waals surface area (Å²) in [6, 6.07) is 18.0.